The fourth-order valence-corrected chi connectivity index (χ4v) is 3.58. The number of benzene rings is 3. The topological polar surface area (TPSA) is 67.9 Å². The standard InChI is InChI=1S/C25H19FN2O4S/c1-31-20-11-10-17(22(14-20)32-15-16-6-5-7-18(26)12-16)13-21-23(29)27-25(33)28(24(21)30)19-8-3-2-4-9-19/h2-14H,15H2,1H3,(H,27,29,33)/b21-13-. The summed E-state index contributed by atoms with van der Waals surface area (Å²) in [5.74, 6) is -0.638. The Labute approximate surface area is 195 Å². The molecule has 0 atom stereocenters. The van der Waals surface area contributed by atoms with Crippen molar-refractivity contribution in [2.45, 2.75) is 6.61 Å². The zero-order chi connectivity index (χ0) is 23.4. The number of ether oxygens (including phenoxy) is 2. The van der Waals surface area contributed by atoms with Crippen LogP contribution in [-0.4, -0.2) is 24.0 Å². The van der Waals surface area contributed by atoms with Crippen LogP contribution in [-0.2, 0) is 16.2 Å². The van der Waals surface area contributed by atoms with E-state index < -0.39 is 11.8 Å². The van der Waals surface area contributed by atoms with E-state index in [2.05, 4.69) is 5.32 Å². The Morgan fingerprint density at radius 2 is 1.82 bits per heavy atom. The number of carbonyl (C=O) groups is 2. The van der Waals surface area contributed by atoms with Gasteiger partial charge in [0.1, 0.15) is 29.5 Å². The molecular formula is C25H19FN2O4S. The minimum Gasteiger partial charge on any atom is -0.497 e. The number of halogens is 1. The number of anilines is 1. The van der Waals surface area contributed by atoms with Crippen LogP contribution in [0.5, 0.6) is 11.5 Å². The van der Waals surface area contributed by atoms with E-state index in [9.17, 15) is 14.0 Å². The summed E-state index contributed by atoms with van der Waals surface area (Å²) in [6.07, 6.45) is 1.44. The molecule has 1 aliphatic heterocycles. The SMILES string of the molecule is COc1ccc(/C=C2/C(=O)NC(=S)N(c3ccccc3)C2=O)c(OCc2cccc(F)c2)c1. The Hall–Kier alpha value is -4.04. The van der Waals surface area contributed by atoms with Crippen LogP contribution in [0.15, 0.2) is 78.4 Å². The molecule has 8 heteroatoms. The molecular weight excluding hydrogens is 443 g/mol. The minimum atomic E-state index is -0.607. The van der Waals surface area contributed by atoms with E-state index in [0.29, 0.717) is 28.3 Å². The lowest BCUT2D eigenvalue weighted by Crippen LogP contribution is -2.54. The first-order valence-electron chi connectivity index (χ1n) is 9.98. The van der Waals surface area contributed by atoms with Crippen molar-refractivity contribution in [3.63, 3.8) is 0 Å². The van der Waals surface area contributed by atoms with Crippen LogP contribution in [0.2, 0.25) is 0 Å². The van der Waals surface area contributed by atoms with Gasteiger partial charge in [0.15, 0.2) is 5.11 Å². The molecule has 0 radical (unpaired) electrons. The van der Waals surface area contributed by atoms with Gasteiger partial charge in [-0.15, -0.1) is 0 Å². The predicted octanol–water partition coefficient (Wildman–Crippen LogP) is 4.24. The van der Waals surface area contributed by atoms with Crippen LogP contribution in [0.4, 0.5) is 10.1 Å². The summed E-state index contributed by atoms with van der Waals surface area (Å²) < 4.78 is 24.7. The third kappa shape index (κ3) is 4.91. The molecule has 4 rings (SSSR count). The Bertz CT molecular complexity index is 1260. The van der Waals surface area contributed by atoms with Crippen LogP contribution in [0.3, 0.4) is 0 Å². The maximum Gasteiger partial charge on any atom is 0.270 e. The molecule has 3 aromatic carbocycles. The smallest absolute Gasteiger partial charge is 0.270 e. The Morgan fingerprint density at radius 3 is 2.55 bits per heavy atom. The highest BCUT2D eigenvalue weighted by molar-refractivity contribution is 7.80. The first kappa shape index (κ1) is 22.2. The monoisotopic (exact) mass is 462 g/mol. The van der Waals surface area contributed by atoms with Gasteiger partial charge in [0, 0.05) is 11.6 Å². The molecule has 1 N–H and O–H groups in total. The number of hydrogen-bond donors (Lipinski definition) is 1. The summed E-state index contributed by atoms with van der Waals surface area (Å²) >= 11 is 5.22. The van der Waals surface area contributed by atoms with Crippen molar-refractivity contribution in [3.8, 4) is 11.5 Å². The van der Waals surface area contributed by atoms with E-state index in [-0.39, 0.29) is 23.1 Å². The van der Waals surface area contributed by atoms with Crippen molar-refractivity contribution >= 4 is 40.9 Å². The van der Waals surface area contributed by atoms with E-state index in [4.69, 9.17) is 21.7 Å². The van der Waals surface area contributed by atoms with Gasteiger partial charge in [-0.1, -0.05) is 30.3 Å². The molecule has 2 amide bonds. The largest absolute Gasteiger partial charge is 0.497 e. The lowest BCUT2D eigenvalue weighted by atomic mass is 10.1. The fraction of sp³-hybridized carbons (Fsp3) is 0.0800. The summed E-state index contributed by atoms with van der Waals surface area (Å²) in [6, 6.07) is 19.8. The minimum absolute atomic E-state index is 0.00524. The van der Waals surface area contributed by atoms with Gasteiger partial charge in [0.2, 0.25) is 0 Å². The number of nitrogens with one attached hydrogen (secondary N) is 1. The first-order chi connectivity index (χ1) is 16.0. The first-order valence-corrected chi connectivity index (χ1v) is 10.4. The van der Waals surface area contributed by atoms with E-state index in [1.54, 1.807) is 54.6 Å². The maximum atomic E-state index is 13.5. The summed E-state index contributed by atoms with van der Waals surface area (Å²) in [4.78, 5) is 27.1. The highest BCUT2D eigenvalue weighted by Gasteiger charge is 2.34. The van der Waals surface area contributed by atoms with Gasteiger partial charge >= 0.3 is 0 Å². The quantitative estimate of drug-likeness (QED) is 0.337. The number of nitrogens with zero attached hydrogens (tertiary/aromatic N) is 1. The third-order valence-electron chi connectivity index (χ3n) is 4.92. The Kier molecular flexibility index (Phi) is 6.46. The fourth-order valence-electron chi connectivity index (χ4n) is 3.30. The number of rotatable bonds is 6. The van der Waals surface area contributed by atoms with Crippen molar-refractivity contribution in [3.05, 3.63) is 95.3 Å². The van der Waals surface area contributed by atoms with E-state index in [0.717, 1.165) is 0 Å². The van der Waals surface area contributed by atoms with Crippen LogP contribution >= 0.6 is 12.2 Å². The number of methoxy groups -OCH3 is 1. The van der Waals surface area contributed by atoms with Crippen molar-refractivity contribution in [2.75, 3.05) is 12.0 Å². The summed E-state index contributed by atoms with van der Waals surface area (Å²) in [6.45, 7) is 0.0848. The summed E-state index contributed by atoms with van der Waals surface area (Å²) in [7, 11) is 1.51. The molecule has 6 nitrogen and oxygen atoms in total. The second kappa shape index (κ2) is 9.62. The molecule has 0 aromatic heterocycles. The normalized spacial score (nSPS) is 14.9. The molecule has 0 saturated carbocycles. The number of thiocarbonyl (C=S) groups is 1. The summed E-state index contributed by atoms with van der Waals surface area (Å²) in [5, 5.41) is 2.56. The molecule has 33 heavy (non-hydrogen) atoms. The summed E-state index contributed by atoms with van der Waals surface area (Å²) in [5.41, 5.74) is 1.54. The number of carbonyl (C=O) groups excluding carboxylic acids is 2. The Balaban J connectivity index is 1.68. The molecule has 0 bridgehead atoms. The van der Waals surface area contributed by atoms with Gasteiger partial charge in [-0.3, -0.25) is 19.8 Å². The van der Waals surface area contributed by atoms with Gasteiger partial charge in [0.25, 0.3) is 11.8 Å². The van der Waals surface area contributed by atoms with Crippen molar-refractivity contribution in [1.29, 1.82) is 0 Å². The van der Waals surface area contributed by atoms with Gasteiger partial charge in [-0.25, -0.2) is 4.39 Å². The van der Waals surface area contributed by atoms with Crippen molar-refractivity contribution in [2.24, 2.45) is 0 Å². The average Bonchev–Trinajstić information content (AvgIpc) is 2.81. The molecule has 1 fully saturated rings. The molecule has 1 saturated heterocycles. The van der Waals surface area contributed by atoms with Crippen LogP contribution in [0.25, 0.3) is 6.08 Å². The lowest BCUT2D eigenvalue weighted by Gasteiger charge is -2.29. The highest BCUT2D eigenvalue weighted by Crippen LogP contribution is 2.29. The van der Waals surface area contributed by atoms with Crippen LogP contribution < -0.4 is 19.7 Å². The number of hydrogen-bond acceptors (Lipinski definition) is 5. The van der Waals surface area contributed by atoms with E-state index >= 15 is 0 Å². The zero-order valence-corrected chi connectivity index (χ0v) is 18.4. The van der Waals surface area contributed by atoms with E-state index in [1.807, 2.05) is 6.07 Å². The molecule has 0 unspecified atom stereocenters. The molecule has 0 aliphatic carbocycles. The van der Waals surface area contributed by atoms with Gasteiger partial charge in [-0.05, 0) is 60.3 Å². The molecule has 3 aromatic rings. The maximum absolute atomic E-state index is 13.5. The molecule has 1 heterocycles. The molecule has 1 aliphatic rings. The molecule has 0 spiro atoms. The second-order valence-corrected chi connectivity index (χ2v) is 7.50. The molecule has 166 valence electrons. The van der Waals surface area contributed by atoms with Crippen molar-refractivity contribution < 1.29 is 23.5 Å². The van der Waals surface area contributed by atoms with Crippen LogP contribution in [0, 0.1) is 5.82 Å². The van der Waals surface area contributed by atoms with Gasteiger partial charge < -0.3 is 9.47 Å². The lowest BCUT2D eigenvalue weighted by molar-refractivity contribution is -0.122. The van der Waals surface area contributed by atoms with Crippen molar-refractivity contribution in [1.82, 2.24) is 5.32 Å². The number of amides is 2. The van der Waals surface area contributed by atoms with Gasteiger partial charge in [0.05, 0.1) is 12.8 Å². The van der Waals surface area contributed by atoms with E-state index in [1.165, 1.54) is 30.2 Å². The Morgan fingerprint density at radius 1 is 1.03 bits per heavy atom. The van der Waals surface area contributed by atoms with Gasteiger partial charge in [-0.2, -0.15) is 0 Å². The second-order valence-electron chi connectivity index (χ2n) is 7.12. The predicted molar refractivity (Wildman–Crippen MR) is 126 cm³/mol. The third-order valence-corrected chi connectivity index (χ3v) is 5.20. The number of para-hydroxylation sites is 1. The van der Waals surface area contributed by atoms with Crippen LogP contribution in [0.1, 0.15) is 11.1 Å². The average molecular weight is 463 g/mol. The highest BCUT2D eigenvalue weighted by atomic mass is 32.1. The zero-order valence-electron chi connectivity index (χ0n) is 17.6.